The van der Waals surface area contributed by atoms with Gasteiger partial charge in [-0.3, -0.25) is 0 Å². The SMILES string of the molecule is CS(=O)(=O)[C@H]1[C@@H](c2ccc3c(c2)OCO3)[C@@]1(N)CO. The molecule has 6 nitrogen and oxygen atoms in total. The third kappa shape index (κ3) is 1.80. The van der Waals surface area contributed by atoms with E-state index in [4.69, 9.17) is 15.2 Å². The van der Waals surface area contributed by atoms with E-state index in [0.717, 1.165) is 11.8 Å². The van der Waals surface area contributed by atoms with Crippen LogP contribution in [0, 0.1) is 0 Å². The zero-order valence-electron chi connectivity index (χ0n) is 10.4. The molecular formula is C12H15NO5S. The number of hydrogen-bond acceptors (Lipinski definition) is 6. The fraction of sp³-hybridized carbons (Fsp3) is 0.500. The van der Waals surface area contributed by atoms with Crippen molar-refractivity contribution < 1.29 is 23.0 Å². The molecule has 0 spiro atoms. The van der Waals surface area contributed by atoms with Crippen LogP contribution in [0.25, 0.3) is 0 Å². The van der Waals surface area contributed by atoms with Crippen molar-refractivity contribution in [3.63, 3.8) is 0 Å². The van der Waals surface area contributed by atoms with Gasteiger partial charge < -0.3 is 20.3 Å². The molecule has 1 aliphatic carbocycles. The van der Waals surface area contributed by atoms with Crippen LogP contribution in [0.1, 0.15) is 11.5 Å². The topological polar surface area (TPSA) is 98.9 Å². The third-order valence-corrected chi connectivity index (χ3v) is 5.43. The van der Waals surface area contributed by atoms with Gasteiger partial charge in [-0.1, -0.05) is 6.07 Å². The summed E-state index contributed by atoms with van der Waals surface area (Å²) in [4.78, 5) is 0. The van der Waals surface area contributed by atoms with Gasteiger partial charge in [0.2, 0.25) is 6.79 Å². The molecular weight excluding hydrogens is 270 g/mol. The molecule has 3 N–H and O–H groups in total. The van der Waals surface area contributed by atoms with Gasteiger partial charge >= 0.3 is 0 Å². The van der Waals surface area contributed by atoms with E-state index in [1.54, 1.807) is 18.2 Å². The maximum absolute atomic E-state index is 11.7. The number of benzene rings is 1. The van der Waals surface area contributed by atoms with Crippen molar-refractivity contribution >= 4 is 9.84 Å². The zero-order chi connectivity index (χ0) is 13.8. The molecule has 0 saturated heterocycles. The molecule has 0 radical (unpaired) electrons. The lowest BCUT2D eigenvalue weighted by Crippen LogP contribution is -2.34. The minimum absolute atomic E-state index is 0.159. The van der Waals surface area contributed by atoms with Crippen molar-refractivity contribution in [2.45, 2.75) is 16.7 Å². The van der Waals surface area contributed by atoms with E-state index in [-0.39, 0.29) is 13.4 Å². The maximum atomic E-state index is 11.7. The lowest BCUT2D eigenvalue weighted by molar-refractivity contribution is 0.174. The van der Waals surface area contributed by atoms with Crippen molar-refractivity contribution in [3.05, 3.63) is 23.8 Å². The molecule has 1 aromatic rings. The van der Waals surface area contributed by atoms with Crippen LogP contribution in [0.3, 0.4) is 0 Å². The lowest BCUT2D eigenvalue weighted by atomic mass is 10.1. The Hall–Kier alpha value is -1.31. The van der Waals surface area contributed by atoms with Gasteiger partial charge in [-0.25, -0.2) is 8.42 Å². The van der Waals surface area contributed by atoms with Gasteiger partial charge in [0, 0.05) is 12.2 Å². The molecule has 1 saturated carbocycles. The summed E-state index contributed by atoms with van der Waals surface area (Å²) in [6.45, 7) is -0.212. The van der Waals surface area contributed by atoms with E-state index in [1.165, 1.54) is 0 Å². The van der Waals surface area contributed by atoms with E-state index in [1.807, 2.05) is 0 Å². The van der Waals surface area contributed by atoms with Crippen LogP contribution < -0.4 is 15.2 Å². The molecule has 0 bridgehead atoms. The van der Waals surface area contributed by atoms with Gasteiger partial charge in [0.25, 0.3) is 0 Å². The Balaban J connectivity index is 1.99. The third-order valence-electron chi connectivity index (χ3n) is 3.79. The van der Waals surface area contributed by atoms with Gasteiger partial charge in [-0.15, -0.1) is 0 Å². The fourth-order valence-corrected chi connectivity index (χ4v) is 4.69. The van der Waals surface area contributed by atoms with Gasteiger partial charge in [-0.2, -0.15) is 0 Å². The van der Waals surface area contributed by atoms with Crippen LogP contribution in [0.2, 0.25) is 0 Å². The van der Waals surface area contributed by atoms with Crippen LogP contribution in [0.4, 0.5) is 0 Å². The first-order valence-electron chi connectivity index (χ1n) is 5.86. The summed E-state index contributed by atoms with van der Waals surface area (Å²) in [6.07, 6.45) is 1.14. The van der Waals surface area contributed by atoms with E-state index in [0.29, 0.717) is 11.5 Å². The first-order valence-corrected chi connectivity index (χ1v) is 7.81. The highest BCUT2D eigenvalue weighted by atomic mass is 32.2. The van der Waals surface area contributed by atoms with Crippen LogP contribution in [-0.2, 0) is 9.84 Å². The Morgan fingerprint density at radius 2 is 2.11 bits per heavy atom. The summed E-state index contributed by atoms with van der Waals surface area (Å²) in [5, 5.41) is 8.62. The minimum Gasteiger partial charge on any atom is -0.454 e. The average molecular weight is 285 g/mol. The molecule has 0 aromatic heterocycles. The summed E-state index contributed by atoms with van der Waals surface area (Å²) in [7, 11) is -3.32. The Labute approximate surface area is 111 Å². The number of fused-ring (bicyclic) bond motifs is 1. The van der Waals surface area contributed by atoms with Gasteiger partial charge in [0.15, 0.2) is 21.3 Å². The van der Waals surface area contributed by atoms with Crippen molar-refractivity contribution in [1.82, 2.24) is 0 Å². The normalized spacial score (nSPS) is 32.4. The second-order valence-electron chi connectivity index (χ2n) is 5.11. The largest absolute Gasteiger partial charge is 0.454 e. The Bertz CT molecular complexity index is 629. The second-order valence-corrected chi connectivity index (χ2v) is 7.28. The number of aliphatic hydroxyl groups excluding tert-OH is 1. The van der Waals surface area contributed by atoms with Crippen molar-refractivity contribution in [3.8, 4) is 11.5 Å². The maximum Gasteiger partial charge on any atom is 0.231 e. The zero-order valence-corrected chi connectivity index (χ0v) is 11.2. The van der Waals surface area contributed by atoms with E-state index < -0.39 is 26.5 Å². The van der Waals surface area contributed by atoms with Gasteiger partial charge in [-0.05, 0) is 17.7 Å². The summed E-state index contributed by atoms with van der Waals surface area (Å²) >= 11 is 0. The molecule has 2 aliphatic rings. The highest BCUT2D eigenvalue weighted by Crippen LogP contribution is 2.54. The van der Waals surface area contributed by atoms with Crippen LogP contribution in [-0.4, -0.2) is 44.0 Å². The number of nitrogens with two attached hydrogens (primary N) is 1. The van der Waals surface area contributed by atoms with E-state index in [9.17, 15) is 13.5 Å². The van der Waals surface area contributed by atoms with E-state index in [2.05, 4.69) is 0 Å². The molecule has 0 unspecified atom stereocenters. The predicted octanol–water partition coefficient (Wildman–Crippen LogP) is -0.384. The molecule has 7 heteroatoms. The highest BCUT2D eigenvalue weighted by Gasteiger charge is 2.67. The van der Waals surface area contributed by atoms with Crippen LogP contribution >= 0.6 is 0 Å². The molecule has 1 heterocycles. The Kier molecular flexibility index (Phi) is 2.57. The molecule has 1 aromatic carbocycles. The van der Waals surface area contributed by atoms with Gasteiger partial charge in [0.1, 0.15) is 0 Å². The molecule has 0 amide bonds. The smallest absolute Gasteiger partial charge is 0.231 e. The number of rotatable bonds is 3. The average Bonchev–Trinajstić information content (AvgIpc) is 2.77. The molecule has 19 heavy (non-hydrogen) atoms. The highest BCUT2D eigenvalue weighted by molar-refractivity contribution is 7.91. The summed E-state index contributed by atoms with van der Waals surface area (Å²) in [6, 6.07) is 5.23. The standard InChI is InChI=1S/C12H15NO5S/c1-19(15,16)11-10(12(11,13)5-14)7-2-3-8-9(4-7)18-6-17-8/h2-4,10-11,14H,5-6,13H2,1H3/t10-,11+,12+/m1/s1. The van der Waals surface area contributed by atoms with Crippen molar-refractivity contribution in [2.24, 2.45) is 5.73 Å². The second kappa shape index (κ2) is 3.84. The summed E-state index contributed by atoms with van der Waals surface area (Å²) in [5.74, 6) is 0.797. The monoisotopic (exact) mass is 285 g/mol. The number of hydrogen-bond donors (Lipinski definition) is 2. The Morgan fingerprint density at radius 1 is 1.42 bits per heavy atom. The van der Waals surface area contributed by atoms with Crippen LogP contribution in [0.15, 0.2) is 18.2 Å². The lowest BCUT2D eigenvalue weighted by Gasteiger charge is -2.07. The molecule has 3 rings (SSSR count). The minimum atomic E-state index is -3.32. The fourth-order valence-electron chi connectivity index (χ4n) is 2.85. The Morgan fingerprint density at radius 3 is 2.68 bits per heavy atom. The molecule has 1 aliphatic heterocycles. The summed E-state index contributed by atoms with van der Waals surface area (Å²) < 4.78 is 33.9. The van der Waals surface area contributed by atoms with Gasteiger partial charge in [0.05, 0.1) is 17.4 Å². The first-order chi connectivity index (χ1) is 8.88. The van der Waals surface area contributed by atoms with E-state index >= 15 is 0 Å². The summed E-state index contributed by atoms with van der Waals surface area (Å²) in [5.41, 5.74) is 5.63. The number of sulfone groups is 1. The molecule has 3 atom stereocenters. The molecule has 104 valence electrons. The number of ether oxygens (including phenoxy) is 2. The van der Waals surface area contributed by atoms with Crippen molar-refractivity contribution in [2.75, 3.05) is 19.7 Å². The number of aliphatic hydroxyl groups is 1. The quantitative estimate of drug-likeness (QED) is 0.785. The van der Waals surface area contributed by atoms with Crippen LogP contribution in [0.5, 0.6) is 11.5 Å². The predicted molar refractivity (Wildman–Crippen MR) is 67.9 cm³/mol. The van der Waals surface area contributed by atoms with Crippen molar-refractivity contribution in [1.29, 1.82) is 0 Å². The molecule has 1 fully saturated rings. The first kappa shape index (κ1) is 12.7.